The molecule has 0 radical (unpaired) electrons. The Bertz CT molecular complexity index is 784. The molecule has 1 aliphatic rings. The van der Waals surface area contributed by atoms with Crippen LogP contribution < -0.4 is 16.1 Å². The van der Waals surface area contributed by atoms with Crippen molar-refractivity contribution in [2.75, 3.05) is 18.4 Å². The molecule has 7 nitrogen and oxygen atoms in total. The van der Waals surface area contributed by atoms with Crippen molar-refractivity contribution in [3.8, 4) is 0 Å². The van der Waals surface area contributed by atoms with Crippen LogP contribution >= 0.6 is 24.8 Å². The summed E-state index contributed by atoms with van der Waals surface area (Å²) in [6, 6.07) is 10.2. The summed E-state index contributed by atoms with van der Waals surface area (Å²) in [6.45, 7) is 1.71. The minimum Gasteiger partial charge on any atom is -0.362 e. The molecule has 28 heavy (non-hydrogen) atoms. The molecule has 2 aromatic rings. The van der Waals surface area contributed by atoms with Crippen LogP contribution in [0.5, 0.6) is 0 Å². The highest BCUT2D eigenvalue weighted by Crippen LogP contribution is 2.25. The van der Waals surface area contributed by atoms with Crippen molar-refractivity contribution in [2.24, 2.45) is 0 Å². The van der Waals surface area contributed by atoms with E-state index in [0.717, 1.165) is 32.0 Å². The Hall–Kier alpha value is -2.26. The van der Waals surface area contributed by atoms with Crippen LogP contribution in [0.1, 0.15) is 17.7 Å². The number of carbonyl (C=O) groups is 1. The molecule has 152 valence electrons. The second kappa shape index (κ2) is 10.9. The molecule has 0 bridgehead atoms. The van der Waals surface area contributed by atoms with Gasteiger partial charge < -0.3 is 10.6 Å². The summed E-state index contributed by atoms with van der Waals surface area (Å²) in [5.74, 6) is -1.80. The van der Waals surface area contributed by atoms with Crippen molar-refractivity contribution in [3.63, 3.8) is 0 Å². The van der Waals surface area contributed by atoms with Crippen LogP contribution in [0.3, 0.4) is 0 Å². The predicted octanol–water partition coefficient (Wildman–Crippen LogP) is 2.52. The smallest absolute Gasteiger partial charge is 0.303 e. The highest BCUT2D eigenvalue weighted by molar-refractivity contribution is 5.94. The van der Waals surface area contributed by atoms with Crippen molar-refractivity contribution in [1.82, 2.24) is 20.8 Å². The topological polar surface area (TPSA) is 99.2 Å². The van der Waals surface area contributed by atoms with Crippen molar-refractivity contribution in [2.45, 2.75) is 18.4 Å². The number of aromatic nitrogens is 2. The average molecular weight is 430 g/mol. The van der Waals surface area contributed by atoms with Gasteiger partial charge in [0.2, 0.25) is 0 Å². The van der Waals surface area contributed by atoms with Crippen LogP contribution in [-0.4, -0.2) is 39.7 Å². The quantitative estimate of drug-likeness (QED) is 0.320. The van der Waals surface area contributed by atoms with Crippen LogP contribution in [0.25, 0.3) is 6.08 Å². The van der Waals surface area contributed by atoms with E-state index in [9.17, 15) is 9.18 Å². The lowest BCUT2D eigenvalue weighted by Gasteiger charge is -2.30. The minimum absolute atomic E-state index is 0. The second-order valence-electron chi connectivity index (χ2n) is 6.25. The van der Waals surface area contributed by atoms with Gasteiger partial charge in [0, 0.05) is 12.6 Å². The molecule has 1 atom stereocenters. The average Bonchev–Trinajstić information content (AvgIpc) is 3.11. The van der Waals surface area contributed by atoms with E-state index >= 15 is 0 Å². The number of halogens is 3. The SMILES string of the molecule is Cl.Cl.O=C(NO)/C(F)=C/c1cnc(N[C@]2(Cc3ccccc3)CCNC2)cn1. The van der Waals surface area contributed by atoms with E-state index in [4.69, 9.17) is 5.21 Å². The highest BCUT2D eigenvalue weighted by atomic mass is 35.5. The van der Waals surface area contributed by atoms with Gasteiger partial charge in [-0.2, -0.15) is 0 Å². The second-order valence-corrected chi connectivity index (χ2v) is 6.25. The minimum atomic E-state index is -1.23. The first-order chi connectivity index (χ1) is 12.6. The zero-order valence-corrected chi connectivity index (χ0v) is 16.5. The normalized spacial score (nSPS) is 18.6. The molecule has 2 heterocycles. The number of hydrogen-bond acceptors (Lipinski definition) is 6. The summed E-state index contributed by atoms with van der Waals surface area (Å²) in [4.78, 5) is 19.3. The van der Waals surface area contributed by atoms with E-state index in [0.29, 0.717) is 5.82 Å². The fourth-order valence-corrected chi connectivity index (χ4v) is 3.03. The summed E-state index contributed by atoms with van der Waals surface area (Å²) >= 11 is 0. The molecule has 1 saturated heterocycles. The number of hydrogen-bond donors (Lipinski definition) is 4. The lowest BCUT2D eigenvalue weighted by molar-refractivity contribution is -0.126. The molecule has 1 aliphatic heterocycles. The lowest BCUT2D eigenvalue weighted by atomic mass is 9.90. The predicted molar refractivity (Wildman–Crippen MR) is 110 cm³/mol. The summed E-state index contributed by atoms with van der Waals surface area (Å²) in [6.07, 6.45) is 5.55. The number of amides is 1. The molecular formula is C18H22Cl2FN5O2. The van der Waals surface area contributed by atoms with E-state index in [1.807, 2.05) is 18.2 Å². The Morgan fingerprint density at radius 2 is 2.00 bits per heavy atom. The molecule has 10 heteroatoms. The summed E-state index contributed by atoms with van der Waals surface area (Å²) in [5, 5.41) is 15.2. The van der Waals surface area contributed by atoms with Gasteiger partial charge in [-0.05, 0) is 24.9 Å². The lowest BCUT2D eigenvalue weighted by Crippen LogP contribution is -2.43. The molecule has 1 fully saturated rings. The molecule has 3 rings (SSSR count). The third-order valence-corrected chi connectivity index (χ3v) is 4.29. The van der Waals surface area contributed by atoms with Crippen LogP contribution in [0.2, 0.25) is 0 Å². The fourth-order valence-electron chi connectivity index (χ4n) is 3.03. The number of hydroxylamine groups is 1. The van der Waals surface area contributed by atoms with Gasteiger partial charge in [-0.1, -0.05) is 30.3 Å². The third kappa shape index (κ3) is 6.13. The van der Waals surface area contributed by atoms with Gasteiger partial charge in [0.25, 0.3) is 0 Å². The first kappa shape index (κ1) is 23.8. The van der Waals surface area contributed by atoms with Crippen molar-refractivity contribution in [1.29, 1.82) is 0 Å². The standard InChI is InChI=1S/C18H20FN5O2.2ClH/c19-15(17(25)24-26)8-14-10-22-16(11-21-14)23-18(6-7-20-12-18)9-13-4-2-1-3-5-13;;/h1-5,8,10-11,20,26H,6-7,9,12H2,(H,22,23)(H,24,25);2*1H/b15-8-;;/t18-;;/m0../s1. The number of nitrogens with one attached hydrogen (secondary N) is 3. The molecular weight excluding hydrogens is 408 g/mol. The molecule has 0 saturated carbocycles. The highest BCUT2D eigenvalue weighted by Gasteiger charge is 2.34. The van der Waals surface area contributed by atoms with E-state index in [1.165, 1.54) is 23.4 Å². The number of carbonyl (C=O) groups excluding carboxylic acids is 1. The van der Waals surface area contributed by atoms with Gasteiger partial charge in [0.15, 0.2) is 5.83 Å². The summed E-state index contributed by atoms with van der Waals surface area (Å²) < 4.78 is 13.4. The number of rotatable bonds is 6. The van der Waals surface area contributed by atoms with Crippen molar-refractivity contribution >= 4 is 42.6 Å². The van der Waals surface area contributed by atoms with Gasteiger partial charge >= 0.3 is 5.91 Å². The first-order valence-electron chi connectivity index (χ1n) is 8.27. The zero-order valence-electron chi connectivity index (χ0n) is 14.9. The maximum atomic E-state index is 13.4. The molecule has 0 unspecified atom stereocenters. The van der Waals surface area contributed by atoms with Gasteiger partial charge in [0.05, 0.1) is 23.6 Å². The van der Waals surface area contributed by atoms with Crippen molar-refractivity contribution < 1.29 is 14.4 Å². The molecule has 1 aromatic carbocycles. The largest absolute Gasteiger partial charge is 0.362 e. The van der Waals surface area contributed by atoms with Crippen LogP contribution in [0, 0.1) is 0 Å². The number of nitrogens with zero attached hydrogens (tertiary/aromatic N) is 2. The number of anilines is 1. The first-order valence-corrected chi connectivity index (χ1v) is 8.27. The van der Waals surface area contributed by atoms with E-state index in [2.05, 4.69) is 32.7 Å². The van der Waals surface area contributed by atoms with Gasteiger partial charge in [-0.15, -0.1) is 24.8 Å². The Kier molecular flexibility index (Phi) is 9.27. The maximum Gasteiger partial charge on any atom is 0.303 e. The molecule has 4 N–H and O–H groups in total. The molecule has 1 aromatic heterocycles. The van der Waals surface area contributed by atoms with Crippen molar-refractivity contribution in [3.05, 3.63) is 59.8 Å². The summed E-state index contributed by atoms with van der Waals surface area (Å²) in [5.41, 5.74) is 2.46. The van der Waals surface area contributed by atoms with Gasteiger partial charge in [-0.3, -0.25) is 15.0 Å². The van der Waals surface area contributed by atoms with Crippen LogP contribution in [0.4, 0.5) is 10.2 Å². The molecule has 1 amide bonds. The zero-order chi connectivity index (χ0) is 18.4. The molecule has 0 aliphatic carbocycles. The van der Waals surface area contributed by atoms with E-state index in [1.54, 1.807) is 0 Å². The van der Waals surface area contributed by atoms with Crippen LogP contribution in [-0.2, 0) is 11.2 Å². The Morgan fingerprint density at radius 3 is 2.57 bits per heavy atom. The van der Waals surface area contributed by atoms with E-state index in [-0.39, 0.29) is 36.0 Å². The monoisotopic (exact) mass is 429 g/mol. The number of benzene rings is 1. The van der Waals surface area contributed by atoms with Crippen LogP contribution in [0.15, 0.2) is 48.6 Å². The van der Waals surface area contributed by atoms with E-state index < -0.39 is 11.7 Å². The third-order valence-electron chi connectivity index (χ3n) is 4.29. The van der Waals surface area contributed by atoms with Gasteiger partial charge in [0.1, 0.15) is 5.82 Å². The Labute approximate surface area is 174 Å². The van der Waals surface area contributed by atoms with Gasteiger partial charge in [-0.25, -0.2) is 14.9 Å². The molecule has 0 spiro atoms. The summed E-state index contributed by atoms with van der Waals surface area (Å²) in [7, 11) is 0. The Balaban J connectivity index is 0.00000196. The Morgan fingerprint density at radius 1 is 1.25 bits per heavy atom. The maximum absolute atomic E-state index is 13.4. The fraction of sp³-hybridized carbons (Fsp3) is 0.278.